The number of piperidine rings is 1. The number of carbonyl (C=O) groups is 2. The highest BCUT2D eigenvalue weighted by molar-refractivity contribution is 7.91. The zero-order valence-electron chi connectivity index (χ0n) is 20.1. The number of hydrogen-bond acceptors (Lipinski definition) is 4. The molecule has 0 saturated carbocycles. The van der Waals surface area contributed by atoms with Gasteiger partial charge in [-0.25, -0.2) is 12.8 Å². The van der Waals surface area contributed by atoms with E-state index in [9.17, 15) is 22.4 Å². The summed E-state index contributed by atoms with van der Waals surface area (Å²) in [5, 5.41) is 0. The quantitative estimate of drug-likeness (QED) is 0.505. The maximum absolute atomic E-state index is 13.7. The van der Waals surface area contributed by atoms with Gasteiger partial charge in [-0.05, 0) is 66.3 Å². The van der Waals surface area contributed by atoms with Crippen LogP contribution in [0.4, 0.5) is 10.1 Å². The molecule has 2 atom stereocenters. The molecule has 2 heterocycles. The summed E-state index contributed by atoms with van der Waals surface area (Å²) in [7, 11) is -4.03. The third kappa shape index (κ3) is 4.30. The van der Waals surface area contributed by atoms with Crippen LogP contribution < -0.4 is 4.90 Å². The molecule has 0 radical (unpaired) electrons. The summed E-state index contributed by atoms with van der Waals surface area (Å²) in [5.41, 5.74) is 1.16. The lowest BCUT2D eigenvalue weighted by Crippen LogP contribution is -2.42. The first-order valence-electron chi connectivity index (χ1n) is 12.0. The van der Waals surface area contributed by atoms with Crippen molar-refractivity contribution in [2.75, 3.05) is 18.0 Å². The van der Waals surface area contributed by atoms with Gasteiger partial charge in [0, 0.05) is 18.7 Å². The maximum atomic E-state index is 13.7. The fourth-order valence-electron chi connectivity index (χ4n) is 5.28. The first-order valence-corrected chi connectivity index (χ1v) is 13.5. The molecule has 186 valence electrons. The molecule has 0 N–H and O–H groups in total. The minimum atomic E-state index is -4.03. The molecule has 2 aliphatic heterocycles. The van der Waals surface area contributed by atoms with Gasteiger partial charge < -0.3 is 9.80 Å². The number of benzene rings is 3. The van der Waals surface area contributed by atoms with Gasteiger partial charge in [0.15, 0.2) is 0 Å². The van der Waals surface area contributed by atoms with Gasteiger partial charge in [-0.1, -0.05) is 38.1 Å². The van der Waals surface area contributed by atoms with E-state index in [4.69, 9.17) is 0 Å². The molecular formula is C28H27FN2O4S. The van der Waals surface area contributed by atoms with Gasteiger partial charge in [0.05, 0.1) is 27.6 Å². The Labute approximate surface area is 210 Å². The van der Waals surface area contributed by atoms with E-state index in [1.54, 1.807) is 29.2 Å². The normalized spacial score (nSPS) is 20.9. The first-order chi connectivity index (χ1) is 17.1. The Bertz CT molecular complexity index is 1440. The molecule has 3 aromatic carbocycles. The zero-order chi connectivity index (χ0) is 25.6. The Kier molecular flexibility index (Phi) is 6.16. The number of amides is 2. The third-order valence-electron chi connectivity index (χ3n) is 6.85. The topological polar surface area (TPSA) is 74.8 Å². The van der Waals surface area contributed by atoms with E-state index < -0.39 is 21.6 Å². The molecule has 36 heavy (non-hydrogen) atoms. The van der Waals surface area contributed by atoms with E-state index in [-0.39, 0.29) is 33.5 Å². The molecule has 5 rings (SSSR count). The van der Waals surface area contributed by atoms with Crippen LogP contribution in [0, 0.1) is 17.7 Å². The summed E-state index contributed by atoms with van der Waals surface area (Å²) in [6, 6.07) is 16.2. The highest BCUT2D eigenvalue weighted by Crippen LogP contribution is 2.38. The van der Waals surface area contributed by atoms with Gasteiger partial charge in [0.25, 0.3) is 11.8 Å². The van der Waals surface area contributed by atoms with Crippen molar-refractivity contribution in [3.63, 3.8) is 0 Å². The van der Waals surface area contributed by atoms with Crippen LogP contribution in [0.3, 0.4) is 0 Å². The molecule has 6 nitrogen and oxygen atoms in total. The molecule has 1 fully saturated rings. The van der Waals surface area contributed by atoms with Crippen molar-refractivity contribution in [3.8, 4) is 0 Å². The second kappa shape index (κ2) is 9.17. The SMILES string of the molecule is C[C@H]1C[C@H](C)CN(C(=O)c2ccc3c(c2)N(Cc2ccc(F)cc2)C(=O)c2ccccc2S3(=O)=O)C1. The van der Waals surface area contributed by atoms with Gasteiger partial charge in [0.1, 0.15) is 5.82 Å². The summed E-state index contributed by atoms with van der Waals surface area (Å²) >= 11 is 0. The Morgan fingerprint density at radius 2 is 1.61 bits per heavy atom. The van der Waals surface area contributed by atoms with Crippen LogP contribution in [0.25, 0.3) is 0 Å². The number of hydrogen-bond donors (Lipinski definition) is 0. The Hall–Kier alpha value is -3.52. The second-order valence-corrected chi connectivity index (χ2v) is 11.7. The molecular weight excluding hydrogens is 479 g/mol. The van der Waals surface area contributed by atoms with E-state index in [0.717, 1.165) is 6.42 Å². The summed E-state index contributed by atoms with van der Waals surface area (Å²) in [5.74, 6) is -0.367. The van der Waals surface area contributed by atoms with Crippen molar-refractivity contribution >= 4 is 27.3 Å². The average Bonchev–Trinajstić information content (AvgIpc) is 2.92. The van der Waals surface area contributed by atoms with Crippen LogP contribution in [0.5, 0.6) is 0 Å². The van der Waals surface area contributed by atoms with Crippen LogP contribution in [-0.4, -0.2) is 38.2 Å². The van der Waals surface area contributed by atoms with Crippen molar-refractivity contribution < 1.29 is 22.4 Å². The molecule has 0 bridgehead atoms. The average molecular weight is 507 g/mol. The minimum absolute atomic E-state index is 0.0192. The zero-order valence-corrected chi connectivity index (χ0v) is 21.0. The molecule has 0 aliphatic carbocycles. The molecule has 0 unspecified atom stereocenters. The van der Waals surface area contributed by atoms with Crippen LogP contribution in [0.15, 0.2) is 76.5 Å². The largest absolute Gasteiger partial charge is 0.338 e. The third-order valence-corrected chi connectivity index (χ3v) is 8.71. The number of halogens is 1. The van der Waals surface area contributed by atoms with Gasteiger partial charge >= 0.3 is 0 Å². The number of sulfone groups is 1. The highest BCUT2D eigenvalue weighted by atomic mass is 32.2. The summed E-state index contributed by atoms with van der Waals surface area (Å²) in [6.45, 7) is 5.50. The predicted molar refractivity (Wildman–Crippen MR) is 134 cm³/mol. The van der Waals surface area contributed by atoms with Crippen LogP contribution in [-0.2, 0) is 16.4 Å². The van der Waals surface area contributed by atoms with Gasteiger partial charge in [0.2, 0.25) is 9.84 Å². The van der Waals surface area contributed by atoms with Crippen molar-refractivity contribution in [2.45, 2.75) is 36.6 Å². The number of anilines is 1. The van der Waals surface area contributed by atoms with Crippen molar-refractivity contribution in [2.24, 2.45) is 11.8 Å². The van der Waals surface area contributed by atoms with Crippen molar-refractivity contribution in [1.82, 2.24) is 4.90 Å². The Morgan fingerprint density at radius 3 is 2.31 bits per heavy atom. The molecule has 2 amide bonds. The molecule has 8 heteroatoms. The number of nitrogens with zero attached hydrogens (tertiary/aromatic N) is 2. The smallest absolute Gasteiger partial charge is 0.259 e. The van der Waals surface area contributed by atoms with Gasteiger partial charge in [-0.15, -0.1) is 0 Å². The predicted octanol–water partition coefficient (Wildman–Crippen LogP) is 4.94. The molecule has 0 spiro atoms. The first kappa shape index (κ1) is 24.2. The van der Waals surface area contributed by atoms with Crippen LogP contribution in [0.2, 0.25) is 0 Å². The lowest BCUT2D eigenvalue weighted by molar-refractivity contribution is 0.0623. The van der Waals surface area contributed by atoms with E-state index >= 15 is 0 Å². The molecule has 1 saturated heterocycles. The Balaban J connectivity index is 1.64. The standard InChI is InChI=1S/C28H27FN2O4S/c1-18-13-19(2)16-30(15-18)27(32)21-9-12-26-24(14-21)31(17-20-7-10-22(29)11-8-20)28(33)23-5-3-4-6-25(23)36(26,34)35/h3-12,14,18-19H,13,15-17H2,1-2H3/t18-,19-/m0/s1. The van der Waals surface area contributed by atoms with Crippen LogP contribution in [0.1, 0.15) is 46.5 Å². The Morgan fingerprint density at radius 1 is 0.944 bits per heavy atom. The molecule has 3 aromatic rings. The number of carbonyl (C=O) groups excluding carboxylic acids is 2. The summed E-state index contributed by atoms with van der Waals surface area (Å²) < 4.78 is 40.8. The number of fused-ring (bicyclic) bond motifs is 2. The second-order valence-electron chi connectivity index (χ2n) is 9.86. The molecule has 2 aliphatic rings. The van der Waals surface area contributed by atoms with E-state index in [1.807, 2.05) is 0 Å². The fraction of sp³-hybridized carbons (Fsp3) is 0.286. The number of likely N-dealkylation sites (tertiary alicyclic amines) is 1. The monoisotopic (exact) mass is 506 g/mol. The maximum Gasteiger partial charge on any atom is 0.259 e. The number of rotatable bonds is 3. The van der Waals surface area contributed by atoms with E-state index in [2.05, 4.69) is 13.8 Å². The van der Waals surface area contributed by atoms with Gasteiger partial charge in [-0.3, -0.25) is 9.59 Å². The van der Waals surface area contributed by atoms with E-state index in [1.165, 1.54) is 47.4 Å². The van der Waals surface area contributed by atoms with Crippen molar-refractivity contribution in [1.29, 1.82) is 0 Å². The van der Waals surface area contributed by atoms with Crippen molar-refractivity contribution in [3.05, 3.63) is 89.2 Å². The van der Waals surface area contributed by atoms with Gasteiger partial charge in [-0.2, -0.15) is 0 Å². The minimum Gasteiger partial charge on any atom is -0.338 e. The lowest BCUT2D eigenvalue weighted by Gasteiger charge is -2.35. The van der Waals surface area contributed by atoms with Crippen LogP contribution >= 0.6 is 0 Å². The van der Waals surface area contributed by atoms with E-state index in [0.29, 0.717) is 36.1 Å². The summed E-state index contributed by atoms with van der Waals surface area (Å²) in [4.78, 5) is 30.2. The fourth-order valence-corrected chi connectivity index (χ4v) is 6.91. The highest BCUT2D eigenvalue weighted by Gasteiger charge is 2.36. The molecule has 0 aromatic heterocycles. The lowest BCUT2D eigenvalue weighted by atomic mass is 9.91. The summed E-state index contributed by atoms with van der Waals surface area (Å²) in [6.07, 6.45) is 1.05.